The van der Waals surface area contributed by atoms with Crippen molar-refractivity contribution < 1.29 is 13.2 Å². The Bertz CT molecular complexity index is 1320. The molecule has 2 aliphatic rings. The van der Waals surface area contributed by atoms with Gasteiger partial charge in [-0.1, -0.05) is 72.3 Å². The number of carbonyl (C=O) groups excluding carboxylic acids is 1. The van der Waals surface area contributed by atoms with Gasteiger partial charge in [0.1, 0.15) is 0 Å². The van der Waals surface area contributed by atoms with E-state index in [4.69, 9.17) is 0 Å². The van der Waals surface area contributed by atoms with Gasteiger partial charge in [0.25, 0.3) is 15.9 Å². The van der Waals surface area contributed by atoms with E-state index in [1.165, 1.54) is 0 Å². The van der Waals surface area contributed by atoms with Crippen molar-refractivity contribution in [3.05, 3.63) is 107 Å². The van der Waals surface area contributed by atoms with Crippen LogP contribution in [0, 0.1) is 6.92 Å². The fraction of sp³-hybridized carbons (Fsp3) is 0.160. The molecule has 2 atom stereocenters. The molecule has 1 fully saturated rings. The monoisotopic (exact) mass is 508 g/mol. The van der Waals surface area contributed by atoms with Crippen molar-refractivity contribution in [1.29, 1.82) is 0 Å². The van der Waals surface area contributed by atoms with Gasteiger partial charge in [-0.2, -0.15) is 8.42 Å². The highest BCUT2D eigenvalue weighted by Gasteiger charge is 2.48. The Labute approximate surface area is 196 Å². The van der Waals surface area contributed by atoms with Gasteiger partial charge in [-0.3, -0.25) is 9.80 Å². The number of hydrogen-bond acceptors (Lipinski definition) is 4. The number of rotatable bonds is 3. The van der Waals surface area contributed by atoms with Gasteiger partial charge in [-0.05, 0) is 51.7 Å². The number of halogens is 1. The van der Waals surface area contributed by atoms with Crippen LogP contribution in [0.15, 0.2) is 90.0 Å². The van der Waals surface area contributed by atoms with Crippen LogP contribution in [0.2, 0.25) is 0 Å². The van der Waals surface area contributed by atoms with Gasteiger partial charge >= 0.3 is 0 Å². The first kappa shape index (κ1) is 21.0. The standard InChI is InChI=1S/C25H21BrN2O3S/c1-17-11-13-19(14-12-17)32(30,31)28-24(29)15-22(18-7-3-2-4-8-18)25-21-10-6-5-9-20(21)23(26)16-27(25)28/h2-14,16,22,25H,15H2,1H3/t22-,25?/m1/s1. The minimum Gasteiger partial charge on any atom is -0.272 e. The number of benzene rings is 3. The van der Waals surface area contributed by atoms with Crippen LogP contribution < -0.4 is 0 Å². The summed E-state index contributed by atoms with van der Waals surface area (Å²) in [6.45, 7) is 1.89. The molecule has 0 N–H and O–H groups in total. The van der Waals surface area contributed by atoms with E-state index in [0.717, 1.165) is 31.2 Å². The molecule has 3 aromatic rings. The van der Waals surface area contributed by atoms with E-state index >= 15 is 0 Å². The summed E-state index contributed by atoms with van der Waals surface area (Å²) in [6, 6.07) is 24.0. The SMILES string of the molecule is Cc1ccc(S(=O)(=O)N2C(=O)C[C@H](c3ccccc3)C3c4ccccc4C(Br)=CN32)cc1. The molecule has 1 saturated heterocycles. The lowest BCUT2D eigenvalue weighted by atomic mass is 9.80. The molecule has 5 nitrogen and oxygen atoms in total. The lowest BCUT2D eigenvalue weighted by molar-refractivity contribution is -0.144. The predicted molar refractivity (Wildman–Crippen MR) is 127 cm³/mol. The Hall–Kier alpha value is -2.90. The van der Waals surface area contributed by atoms with Crippen LogP contribution in [0.1, 0.15) is 40.6 Å². The van der Waals surface area contributed by atoms with Crippen LogP contribution in [0.4, 0.5) is 0 Å². The van der Waals surface area contributed by atoms with Gasteiger partial charge in [-0.15, -0.1) is 4.41 Å². The van der Waals surface area contributed by atoms with Crippen LogP contribution in [0.25, 0.3) is 4.48 Å². The minimum absolute atomic E-state index is 0.0933. The third-order valence-corrected chi connectivity index (χ3v) is 8.39. The second kappa shape index (κ2) is 7.90. The van der Waals surface area contributed by atoms with E-state index in [1.54, 1.807) is 35.5 Å². The lowest BCUT2D eigenvalue weighted by Crippen LogP contribution is -2.55. The number of hydrogen-bond donors (Lipinski definition) is 0. The molecule has 5 rings (SSSR count). The van der Waals surface area contributed by atoms with Crippen LogP contribution in [0.3, 0.4) is 0 Å². The number of nitrogens with zero attached hydrogens (tertiary/aromatic N) is 2. The molecular formula is C25H21BrN2O3S. The molecule has 0 aliphatic carbocycles. The number of fused-ring (bicyclic) bond motifs is 3. The van der Waals surface area contributed by atoms with Crippen molar-refractivity contribution in [3.63, 3.8) is 0 Å². The number of sulfonamides is 1. The van der Waals surface area contributed by atoms with Gasteiger partial charge in [0.2, 0.25) is 0 Å². The van der Waals surface area contributed by atoms with Crippen LogP contribution in [-0.4, -0.2) is 23.7 Å². The lowest BCUT2D eigenvalue weighted by Gasteiger charge is -2.48. The highest BCUT2D eigenvalue weighted by molar-refractivity contribution is 9.15. The first-order valence-corrected chi connectivity index (χ1v) is 12.6. The van der Waals surface area contributed by atoms with Crippen molar-refractivity contribution in [2.75, 3.05) is 0 Å². The summed E-state index contributed by atoms with van der Waals surface area (Å²) in [4.78, 5) is 13.5. The minimum atomic E-state index is -4.09. The molecule has 0 spiro atoms. The average Bonchev–Trinajstić information content (AvgIpc) is 2.79. The van der Waals surface area contributed by atoms with Gasteiger partial charge in [0.15, 0.2) is 0 Å². The molecule has 2 heterocycles. The maximum absolute atomic E-state index is 13.6. The second-order valence-corrected chi connectivity index (χ2v) is 10.7. The summed E-state index contributed by atoms with van der Waals surface area (Å²) in [7, 11) is -4.09. The molecule has 0 bridgehead atoms. The molecule has 162 valence electrons. The Morgan fingerprint density at radius 1 is 0.906 bits per heavy atom. The number of hydrazine groups is 1. The van der Waals surface area contributed by atoms with E-state index in [2.05, 4.69) is 15.9 Å². The van der Waals surface area contributed by atoms with Crippen LogP contribution >= 0.6 is 15.9 Å². The summed E-state index contributed by atoms with van der Waals surface area (Å²) in [5, 5.41) is 1.59. The molecule has 7 heteroatoms. The number of aryl methyl sites for hydroxylation is 1. The smallest absolute Gasteiger partial charge is 0.272 e. The third kappa shape index (κ3) is 3.36. The maximum Gasteiger partial charge on any atom is 0.284 e. The summed E-state index contributed by atoms with van der Waals surface area (Å²) in [5.41, 5.74) is 3.93. The number of carbonyl (C=O) groups is 1. The topological polar surface area (TPSA) is 57.7 Å². The Balaban J connectivity index is 1.69. The molecule has 32 heavy (non-hydrogen) atoms. The Kier molecular flexibility index (Phi) is 5.18. The zero-order valence-electron chi connectivity index (χ0n) is 17.4. The molecular weight excluding hydrogens is 488 g/mol. The maximum atomic E-state index is 13.6. The molecule has 0 aromatic heterocycles. The highest BCUT2D eigenvalue weighted by Crippen LogP contribution is 2.50. The van der Waals surface area contributed by atoms with E-state index in [0.29, 0.717) is 0 Å². The highest BCUT2D eigenvalue weighted by atomic mass is 79.9. The van der Waals surface area contributed by atoms with Gasteiger partial charge < -0.3 is 0 Å². The Morgan fingerprint density at radius 3 is 2.28 bits per heavy atom. The van der Waals surface area contributed by atoms with Crippen LogP contribution in [0.5, 0.6) is 0 Å². The summed E-state index contributed by atoms with van der Waals surface area (Å²) >= 11 is 3.59. The fourth-order valence-corrected chi connectivity index (χ4v) is 6.51. The summed E-state index contributed by atoms with van der Waals surface area (Å²) in [5.74, 6) is -0.641. The zero-order valence-corrected chi connectivity index (χ0v) is 19.8. The molecule has 0 radical (unpaired) electrons. The third-order valence-electron chi connectivity index (χ3n) is 6.04. The normalized spacial score (nSPS) is 20.4. The summed E-state index contributed by atoms with van der Waals surface area (Å²) < 4.78 is 29.0. The fourth-order valence-electron chi connectivity index (χ4n) is 4.52. The van der Waals surface area contributed by atoms with Crippen molar-refractivity contribution in [2.24, 2.45) is 0 Å². The molecule has 0 saturated carbocycles. The quantitative estimate of drug-likeness (QED) is 0.477. The van der Waals surface area contributed by atoms with E-state index in [9.17, 15) is 13.2 Å². The van der Waals surface area contributed by atoms with Gasteiger partial charge in [-0.25, -0.2) is 0 Å². The average molecular weight is 509 g/mol. The predicted octanol–water partition coefficient (Wildman–Crippen LogP) is 5.37. The first-order chi connectivity index (χ1) is 15.4. The second-order valence-electron chi connectivity index (χ2n) is 8.07. The molecule has 1 amide bonds. The van der Waals surface area contributed by atoms with Crippen molar-refractivity contribution in [1.82, 2.24) is 9.42 Å². The molecule has 1 unspecified atom stereocenters. The van der Waals surface area contributed by atoms with E-state index < -0.39 is 15.9 Å². The van der Waals surface area contributed by atoms with E-state index in [1.807, 2.05) is 61.5 Å². The van der Waals surface area contributed by atoms with Crippen LogP contribution in [-0.2, 0) is 14.8 Å². The van der Waals surface area contributed by atoms with Crippen molar-refractivity contribution in [2.45, 2.75) is 30.2 Å². The summed E-state index contributed by atoms with van der Waals surface area (Å²) in [6.07, 6.45) is 1.81. The molecule has 3 aromatic carbocycles. The largest absolute Gasteiger partial charge is 0.284 e. The Morgan fingerprint density at radius 2 is 1.56 bits per heavy atom. The van der Waals surface area contributed by atoms with Gasteiger partial charge in [0.05, 0.1) is 10.9 Å². The zero-order chi connectivity index (χ0) is 22.5. The van der Waals surface area contributed by atoms with Crippen molar-refractivity contribution >= 4 is 36.3 Å². The van der Waals surface area contributed by atoms with Crippen molar-refractivity contribution in [3.8, 4) is 0 Å². The first-order valence-electron chi connectivity index (χ1n) is 10.3. The number of amides is 1. The van der Waals surface area contributed by atoms with Gasteiger partial charge in [0, 0.05) is 23.0 Å². The van der Waals surface area contributed by atoms with E-state index in [-0.39, 0.29) is 23.3 Å². The molecule has 2 aliphatic heterocycles.